The molecule has 0 aromatic carbocycles. The Balaban J connectivity index is 1.51. The molecule has 1 spiro atoms. The average molecular weight is 361 g/mol. The summed E-state index contributed by atoms with van der Waals surface area (Å²) in [6.07, 6.45) is 7.30. The van der Waals surface area contributed by atoms with Crippen molar-refractivity contribution in [1.29, 1.82) is 5.26 Å². The van der Waals surface area contributed by atoms with E-state index in [1.54, 1.807) is 12.3 Å². The van der Waals surface area contributed by atoms with Crippen molar-refractivity contribution in [2.24, 2.45) is 5.41 Å². The minimum absolute atomic E-state index is 0.0959. The Bertz CT molecular complexity index is 862. The molecule has 6 nitrogen and oxygen atoms in total. The maximum Gasteiger partial charge on any atom is 0.222 e. The molecule has 2 aromatic heterocycles. The summed E-state index contributed by atoms with van der Waals surface area (Å²) in [7, 11) is 0. The van der Waals surface area contributed by atoms with Gasteiger partial charge in [0.2, 0.25) is 5.91 Å². The SMILES string of the molecule is N#Cc1cccc(N2CCCC3(CCC(=O)N(Cc4cccnc4)C3)C2)n1. The minimum atomic E-state index is 0.0959. The molecular weight excluding hydrogens is 338 g/mol. The predicted molar refractivity (Wildman–Crippen MR) is 102 cm³/mol. The summed E-state index contributed by atoms with van der Waals surface area (Å²) in [6.45, 7) is 3.22. The monoisotopic (exact) mass is 361 g/mol. The van der Waals surface area contributed by atoms with Gasteiger partial charge in [0.1, 0.15) is 17.6 Å². The van der Waals surface area contributed by atoms with Crippen LogP contribution in [-0.2, 0) is 11.3 Å². The van der Waals surface area contributed by atoms with Gasteiger partial charge in [0, 0.05) is 50.4 Å². The van der Waals surface area contributed by atoms with Crippen LogP contribution in [0, 0.1) is 16.7 Å². The van der Waals surface area contributed by atoms with Gasteiger partial charge in [-0.2, -0.15) is 5.26 Å². The molecule has 1 amide bonds. The summed E-state index contributed by atoms with van der Waals surface area (Å²) in [6, 6.07) is 11.7. The lowest BCUT2D eigenvalue weighted by Gasteiger charge is -2.48. The molecule has 0 saturated carbocycles. The lowest BCUT2D eigenvalue weighted by molar-refractivity contribution is -0.138. The summed E-state index contributed by atoms with van der Waals surface area (Å²) >= 11 is 0. The molecule has 0 bridgehead atoms. The van der Waals surface area contributed by atoms with Gasteiger partial charge in [-0.3, -0.25) is 9.78 Å². The normalized spacial score (nSPS) is 22.7. The van der Waals surface area contributed by atoms with E-state index in [2.05, 4.69) is 20.9 Å². The number of hydrogen-bond donors (Lipinski definition) is 0. The second-order valence-electron chi connectivity index (χ2n) is 7.63. The smallest absolute Gasteiger partial charge is 0.222 e. The van der Waals surface area contributed by atoms with Gasteiger partial charge in [0.15, 0.2) is 0 Å². The first kappa shape index (κ1) is 17.5. The van der Waals surface area contributed by atoms with E-state index in [0.717, 1.165) is 50.3 Å². The van der Waals surface area contributed by atoms with Crippen molar-refractivity contribution < 1.29 is 4.79 Å². The number of likely N-dealkylation sites (tertiary alicyclic amines) is 1. The highest BCUT2D eigenvalue weighted by molar-refractivity contribution is 5.77. The van der Waals surface area contributed by atoms with Gasteiger partial charge < -0.3 is 9.80 Å². The van der Waals surface area contributed by atoms with Crippen LogP contribution in [0.2, 0.25) is 0 Å². The van der Waals surface area contributed by atoms with Gasteiger partial charge >= 0.3 is 0 Å². The van der Waals surface area contributed by atoms with Crippen LogP contribution in [0.1, 0.15) is 36.9 Å². The first-order valence-electron chi connectivity index (χ1n) is 9.46. The van der Waals surface area contributed by atoms with Crippen molar-refractivity contribution in [2.45, 2.75) is 32.2 Å². The Morgan fingerprint density at radius 3 is 2.93 bits per heavy atom. The molecule has 1 atom stereocenters. The predicted octanol–water partition coefficient (Wildman–Crippen LogP) is 2.76. The topological polar surface area (TPSA) is 73.1 Å². The number of hydrogen-bond acceptors (Lipinski definition) is 5. The van der Waals surface area contributed by atoms with Crippen LogP contribution >= 0.6 is 0 Å². The minimum Gasteiger partial charge on any atom is -0.356 e. The van der Waals surface area contributed by atoms with Crippen LogP contribution in [0.4, 0.5) is 5.82 Å². The number of pyridine rings is 2. The molecule has 0 aliphatic carbocycles. The fraction of sp³-hybridized carbons (Fsp3) is 0.429. The van der Waals surface area contributed by atoms with Crippen LogP contribution in [0.25, 0.3) is 0 Å². The van der Waals surface area contributed by atoms with E-state index in [1.807, 2.05) is 35.4 Å². The third kappa shape index (κ3) is 3.77. The summed E-state index contributed by atoms with van der Waals surface area (Å²) < 4.78 is 0. The van der Waals surface area contributed by atoms with Crippen LogP contribution in [0.15, 0.2) is 42.7 Å². The fourth-order valence-electron chi connectivity index (χ4n) is 4.36. The molecule has 4 rings (SSSR count). The summed E-state index contributed by atoms with van der Waals surface area (Å²) in [4.78, 5) is 25.4. The molecule has 2 aliphatic rings. The second kappa shape index (κ2) is 7.36. The van der Waals surface area contributed by atoms with Crippen molar-refractivity contribution in [2.75, 3.05) is 24.5 Å². The highest BCUT2D eigenvalue weighted by Crippen LogP contribution is 2.40. The maximum absolute atomic E-state index is 12.5. The number of amides is 1. The number of piperidine rings is 2. The quantitative estimate of drug-likeness (QED) is 0.840. The van der Waals surface area contributed by atoms with Crippen molar-refractivity contribution >= 4 is 11.7 Å². The molecule has 0 radical (unpaired) electrons. The van der Waals surface area contributed by atoms with E-state index in [1.165, 1.54) is 0 Å². The number of carbonyl (C=O) groups excluding carboxylic acids is 1. The zero-order valence-corrected chi connectivity index (χ0v) is 15.3. The van der Waals surface area contributed by atoms with Crippen molar-refractivity contribution in [3.8, 4) is 6.07 Å². The first-order valence-corrected chi connectivity index (χ1v) is 9.46. The van der Waals surface area contributed by atoms with Gasteiger partial charge in [-0.15, -0.1) is 0 Å². The largest absolute Gasteiger partial charge is 0.356 e. The number of anilines is 1. The molecule has 27 heavy (non-hydrogen) atoms. The third-order valence-electron chi connectivity index (χ3n) is 5.68. The Morgan fingerprint density at radius 1 is 1.19 bits per heavy atom. The van der Waals surface area contributed by atoms with Crippen LogP contribution in [0.3, 0.4) is 0 Å². The van der Waals surface area contributed by atoms with E-state index in [-0.39, 0.29) is 11.3 Å². The van der Waals surface area contributed by atoms with Gasteiger partial charge in [-0.1, -0.05) is 12.1 Å². The van der Waals surface area contributed by atoms with Crippen LogP contribution < -0.4 is 4.90 Å². The van der Waals surface area contributed by atoms with Crippen molar-refractivity contribution in [3.05, 3.63) is 54.0 Å². The number of nitrogens with zero attached hydrogens (tertiary/aromatic N) is 5. The lowest BCUT2D eigenvalue weighted by Crippen LogP contribution is -2.54. The Morgan fingerprint density at radius 2 is 2.11 bits per heavy atom. The summed E-state index contributed by atoms with van der Waals surface area (Å²) in [5.41, 5.74) is 1.61. The fourth-order valence-corrected chi connectivity index (χ4v) is 4.36. The molecule has 2 aromatic rings. The Hall–Kier alpha value is -2.94. The molecule has 2 fully saturated rings. The van der Waals surface area contributed by atoms with E-state index in [0.29, 0.717) is 18.7 Å². The molecule has 4 heterocycles. The molecule has 2 saturated heterocycles. The Kier molecular flexibility index (Phi) is 4.76. The standard InChI is InChI=1S/C21H23N5O/c22-12-18-5-1-6-19(24-18)25-11-3-8-21(15-25)9-7-20(27)26(16-21)14-17-4-2-10-23-13-17/h1-2,4-6,10,13H,3,7-9,11,14-16H2. The summed E-state index contributed by atoms with van der Waals surface area (Å²) in [5, 5.41) is 9.13. The maximum atomic E-state index is 12.5. The number of carbonyl (C=O) groups is 1. The first-order chi connectivity index (χ1) is 13.2. The molecular formula is C21H23N5O. The molecule has 1 unspecified atom stereocenters. The van der Waals surface area contributed by atoms with Gasteiger partial charge in [-0.05, 0) is 43.0 Å². The van der Waals surface area contributed by atoms with E-state index in [4.69, 9.17) is 5.26 Å². The highest BCUT2D eigenvalue weighted by Gasteiger charge is 2.42. The number of rotatable bonds is 3. The lowest BCUT2D eigenvalue weighted by atomic mass is 9.73. The van der Waals surface area contributed by atoms with Crippen molar-refractivity contribution in [1.82, 2.24) is 14.9 Å². The van der Waals surface area contributed by atoms with Gasteiger partial charge in [0.05, 0.1) is 0 Å². The van der Waals surface area contributed by atoms with Gasteiger partial charge in [0.25, 0.3) is 0 Å². The molecule has 2 aliphatic heterocycles. The molecule has 6 heteroatoms. The van der Waals surface area contributed by atoms with Crippen LogP contribution in [0.5, 0.6) is 0 Å². The summed E-state index contributed by atoms with van der Waals surface area (Å²) in [5.74, 6) is 1.09. The second-order valence-corrected chi connectivity index (χ2v) is 7.63. The number of nitriles is 1. The zero-order chi connectivity index (χ0) is 18.7. The van der Waals surface area contributed by atoms with Crippen molar-refractivity contribution in [3.63, 3.8) is 0 Å². The van der Waals surface area contributed by atoms with E-state index >= 15 is 0 Å². The third-order valence-corrected chi connectivity index (χ3v) is 5.68. The van der Waals surface area contributed by atoms with E-state index < -0.39 is 0 Å². The van der Waals surface area contributed by atoms with Gasteiger partial charge in [-0.25, -0.2) is 4.98 Å². The number of aromatic nitrogens is 2. The average Bonchev–Trinajstić information content (AvgIpc) is 2.72. The molecule has 0 N–H and O–H groups in total. The molecule has 138 valence electrons. The highest BCUT2D eigenvalue weighted by atomic mass is 16.2. The Labute approximate surface area is 159 Å². The van der Waals surface area contributed by atoms with Crippen LogP contribution in [-0.4, -0.2) is 40.4 Å². The van der Waals surface area contributed by atoms with E-state index in [9.17, 15) is 4.79 Å². The zero-order valence-electron chi connectivity index (χ0n) is 15.3.